The molecule has 0 saturated carbocycles. The van der Waals surface area contributed by atoms with Crippen LogP contribution in [0.2, 0.25) is 0 Å². The van der Waals surface area contributed by atoms with E-state index in [4.69, 9.17) is 9.47 Å². The average molecular weight is 465 g/mol. The third-order valence-electron chi connectivity index (χ3n) is 5.06. The fourth-order valence-corrected chi connectivity index (χ4v) is 4.23. The summed E-state index contributed by atoms with van der Waals surface area (Å²) in [6.07, 6.45) is 0. The molecule has 0 spiro atoms. The van der Waals surface area contributed by atoms with Crippen molar-refractivity contribution in [3.8, 4) is 17.2 Å². The Kier molecular flexibility index (Phi) is 6.41. The zero-order valence-electron chi connectivity index (χ0n) is 18.8. The monoisotopic (exact) mass is 464 g/mol. The third-order valence-corrected chi connectivity index (χ3v) is 6.00. The third kappa shape index (κ3) is 4.73. The number of fused-ring (bicyclic) bond motifs is 1. The topological polar surface area (TPSA) is 98.2 Å². The van der Waals surface area contributed by atoms with Gasteiger partial charge in [0, 0.05) is 11.8 Å². The van der Waals surface area contributed by atoms with Gasteiger partial charge in [0.05, 0.1) is 36.9 Å². The Bertz CT molecular complexity index is 1380. The molecule has 9 heteroatoms. The van der Waals surface area contributed by atoms with E-state index >= 15 is 0 Å². The van der Waals surface area contributed by atoms with Gasteiger partial charge in [-0.05, 0) is 44.2 Å². The molecule has 0 fully saturated rings. The molecule has 0 aliphatic rings. The number of ether oxygens (including phenoxy) is 2. The minimum atomic E-state index is -0.251. The van der Waals surface area contributed by atoms with Crippen molar-refractivity contribution in [1.82, 2.24) is 14.5 Å². The second-order valence-corrected chi connectivity index (χ2v) is 8.43. The van der Waals surface area contributed by atoms with Crippen molar-refractivity contribution in [2.45, 2.75) is 19.0 Å². The molecule has 170 valence electrons. The molecule has 2 N–H and O–H groups in total. The lowest BCUT2D eigenvalue weighted by Gasteiger charge is -2.13. The maximum absolute atomic E-state index is 13.3. The maximum atomic E-state index is 13.3. The number of aromatic nitrogens is 3. The number of benzene rings is 2. The molecule has 4 rings (SSSR count). The molecular weight excluding hydrogens is 440 g/mol. The lowest BCUT2D eigenvalue weighted by molar-refractivity contribution is -0.113. The van der Waals surface area contributed by atoms with E-state index in [0.717, 1.165) is 11.3 Å². The minimum Gasteiger partial charge on any atom is -0.497 e. The Morgan fingerprint density at radius 2 is 1.85 bits per heavy atom. The first-order chi connectivity index (χ1) is 15.9. The number of methoxy groups -OCH3 is 2. The molecule has 8 nitrogen and oxygen atoms in total. The Morgan fingerprint density at radius 1 is 1.09 bits per heavy atom. The second kappa shape index (κ2) is 9.41. The van der Waals surface area contributed by atoms with E-state index < -0.39 is 0 Å². The van der Waals surface area contributed by atoms with Crippen molar-refractivity contribution < 1.29 is 14.3 Å². The van der Waals surface area contributed by atoms with Crippen LogP contribution in [0.15, 0.2) is 58.5 Å². The van der Waals surface area contributed by atoms with E-state index in [-0.39, 0.29) is 17.2 Å². The molecular formula is C24H24N4O4S. The number of anilines is 1. The fraction of sp³-hybridized carbons (Fsp3) is 0.208. The molecule has 33 heavy (non-hydrogen) atoms. The molecule has 0 unspecified atom stereocenters. The van der Waals surface area contributed by atoms with Crippen LogP contribution in [-0.4, -0.2) is 40.4 Å². The van der Waals surface area contributed by atoms with Crippen molar-refractivity contribution >= 4 is 34.4 Å². The van der Waals surface area contributed by atoms with Gasteiger partial charge in [-0.3, -0.25) is 14.2 Å². The van der Waals surface area contributed by atoms with Crippen molar-refractivity contribution in [1.29, 1.82) is 0 Å². The summed E-state index contributed by atoms with van der Waals surface area (Å²) < 4.78 is 12.1. The van der Waals surface area contributed by atoms with E-state index in [9.17, 15) is 9.59 Å². The molecule has 0 atom stereocenters. The maximum Gasteiger partial charge on any atom is 0.283 e. The highest BCUT2D eigenvalue weighted by Crippen LogP contribution is 2.29. The van der Waals surface area contributed by atoms with Crippen molar-refractivity contribution in [2.24, 2.45) is 0 Å². The number of thioether (sulfide) groups is 1. The Hall–Kier alpha value is -3.72. The van der Waals surface area contributed by atoms with Crippen LogP contribution in [0.3, 0.4) is 0 Å². The van der Waals surface area contributed by atoms with Gasteiger partial charge < -0.3 is 19.8 Å². The molecule has 2 heterocycles. The molecule has 0 saturated heterocycles. The molecule has 2 aromatic heterocycles. The standard InChI is InChI=1S/C24H24N4O4S/c1-14-5-7-16(8-6-14)28-23(30)22-19(11-15(2)25-22)27-24(28)33-13-21(29)26-18-10-9-17(31-3)12-20(18)32-4/h5-12,25H,13H2,1-4H3,(H,26,29). The summed E-state index contributed by atoms with van der Waals surface area (Å²) in [5.41, 5.74) is 3.94. The van der Waals surface area contributed by atoms with E-state index in [2.05, 4.69) is 15.3 Å². The summed E-state index contributed by atoms with van der Waals surface area (Å²) in [6.45, 7) is 3.86. The molecule has 2 aromatic carbocycles. The van der Waals surface area contributed by atoms with Crippen molar-refractivity contribution in [3.05, 3.63) is 70.1 Å². The molecule has 4 aromatic rings. The highest BCUT2D eigenvalue weighted by atomic mass is 32.2. The van der Waals surface area contributed by atoms with Gasteiger partial charge in [0.2, 0.25) is 5.91 Å². The number of rotatable bonds is 7. The number of nitrogens with one attached hydrogen (secondary N) is 2. The minimum absolute atomic E-state index is 0.0579. The largest absolute Gasteiger partial charge is 0.497 e. The van der Waals surface area contributed by atoms with Gasteiger partial charge in [-0.2, -0.15) is 0 Å². The summed E-state index contributed by atoms with van der Waals surface area (Å²) >= 11 is 1.19. The summed E-state index contributed by atoms with van der Waals surface area (Å²) in [5, 5.41) is 3.28. The predicted octanol–water partition coefficient (Wildman–Crippen LogP) is 4.08. The lowest BCUT2D eigenvalue weighted by Crippen LogP contribution is -2.23. The number of aromatic amines is 1. The van der Waals surface area contributed by atoms with E-state index in [0.29, 0.717) is 39.1 Å². The number of hydrogen-bond acceptors (Lipinski definition) is 6. The normalized spacial score (nSPS) is 10.9. The molecule has 0 aliphatic carbocycles. The Balaban J connectivity index is 1.63. The van der Waals surface area contributed by atoms with Gasteiger partial charge >= 0.3 is 0 Å². The molecule has 1 amide bonds. The van der Waals surface area contributed by atoms with E-state index in [1.807, 2.05) is 44.2 Å². The number of aryl methyl sites for hydroxylation is 2. The summed E-state index contributed by atoms with van der Waals surface area (Å²) in [6, 6.07) is 14.6. The lowest BCUT2D eigenvalue weighted by atomic mass is 10.2. The van der Waals surface area contributed by atoms with E-state index in [1.54, 1.807) is 25.3 Å². The van der Waals surface area contributed by atoms with Gasteiger partial charge in [0.25, 0.3) is 5.56 Å². The SMILES string of the molecule is COc1ccc(NC(=O)CSc2nc3cc(C)[nH]c3c(=O)n2-c2ccc(C)cc2)c(OC)c1. The van der Waals surface area contributed by atoms with Crippen molar-refractivity contribution in [3.63, 3.8) is 0 Å². The van der Waals surface area contributed by atoms with Gasteiger partial charge in [0.1, 0.15) is 17.0 Å². The Morgan fingerprint density at radius 3 is 2.55 bits per heavy atom. The smallest absolute Gasteiger partial charge is 0.283 e. The van der Waals surface area contributed by atoms with Crippen molar-refractivity contribution in [2.75, 3.05) is 25.3 Å². The number of amides is 1. The van der Waals surface area contributed by atoms with Crippen LogP contribution in [0.4, 0.5) is 5.69 Å². The van der Waals surface area contributed by atoms with Crippen LogP contribution >= 0.6 is 11.8 Å². The molecule has 0 aliphatic heterocycles. The number of carbonyl (C=O) groups excluding carboxylic acids is 1. The zero-order valence-corrected chi connectivity index (χ0v) is 19.6. The second-order valence-electron chi connectivity index (χ2n) is 7.49. The van der Waals surface area contributed by atoms with Crippen LogP contribution in [0.5, 0.6) is 11.5 Å². The van der Waals surface area contributed by atoms with Gasteiger partial charge in [0.15, 0.2) is 5.16 Å². The van der Waals surface area contributed by atoms with Gasteiger partial charge in [-0.25, -0.2) is 4.98 Å². The summed E-state index contributed by atoms with van der Waals surface area (Å²) in [4.78, 5) is 33.7. The fourth-order valence-electron chi connectivity index (χ4n) is 3.41. The molecule has 0 bridgehead atoms. The first-order valence-corrected chi connectivity index (χ1v) is 11.2. The van der Waals surface area contributed by atoms with Crippen LogP contribution in [0.1, 0.15) is 11.3 Å². The highest BCUT2D eigenvalue weighted by molar-refractivity contribution is 7.99. The zero-order chi connectivity index (χ0) is 23.5. The average Bonchev–Trinajstić information content (AvgIpc) is 3.19. The molecule has 0 radical (unpaired) electrons. The number of H-pyrrole nitrogens is 1. The van der Waals surface area contributed by atoms with Crippen LogP contribution in [0.25, 0.3) is 16.7 Å². The predicted molar refractivity (Wildman–Crippen MR) is 130 cm³/mol. The number of hydrogen-bond donors (Lipinski definition) is 2. The van der Waals surface area contributed by atoms with Gasteiger partial charge in [-0.15, -0.1) is 0 Å². The van der Waals surface area contributed by atoms with Crippen LogP contribution < -0.4 is 20.3 Å². The van der Waals surface area contributed by atoms with Crippen LogP contribution in [0, 0.1) is 13.8 Å². The van der Waals surface area contributed by atoms with Gasteiger partial charge in [-0.1, -0.05) is 29.5 Å². The first-order valence-electron chi connectivity index (χ1n) is 10.2. The first kappa shape index (κ1) is 22.5. The number of carbonyl (C=O) groups is 1. The van der Waals surface area contributed by atoms with Crippen LogP contribution in [-0.2, 0) is 4.79 Å². The number of nitrogens with zero attached hydrogens (tertiary/aromatic N) is 2. The Labute approximate surface area is 194 Å². The van der Waals surface area contributed by atoms with E-state index in [1.165, 1.54) is 23.4 Å². The highest BCUT2D eigenvalue weighted by Gasteiger charge is 2.17. The quantitative estimate of drug-likeness (QED) is 0.316. The summed E-state index contributed by atoms with van der Waals surface area (Å²) in [7, 11) is 3.09. The summed E-state index contributed by atoms with van der Waals surface area (Å²) in [5.74, 6) is 0.924.